The standard InChI is InChI=1S/C12H14FN3O/c1-8(2)14-12-15-11(16-17-12)7-9-5-3-4-6-10(9)13/h3-6,8H,7H2,1-2H3,(H,14,15,16). The molecule has 2 rings (SSSR count). The summed E-state index contributed by atoms with van der Waals surface area (Å²) in [5.74, 6) is 0.217. The fourth-order valence-corrected chi connectivity index (χ4v) is 1.44. The average Bonchev–Trinajstić information content (AvgIpc) is 2.68. The molecule has 0 aliphatic rings. The Balaban J connectivity index is 2.09. The van der Waals surface area contributed by atoms with Gasteiger partial charge in [0.1, 0.15) is 5.82 Å². The lowest BCUT2D eigenvalue weighted by Gasteiger charge is -2.01. The molecular formula is C12H14FN3O. The van der Waals surface area contributed by atoms with Crippen molar-refractivity contribution in [3.8, 4) is 0 Å². The van der Waals surface area contributed by atoms with E-state index in [1.165, 1.54) is 6.07 Å². The topological polar surface area (TPSA) is 51.0 Å². The Bertz CT molecular complexity index is 496. The second-order valence-corrected chi connectivity index (χ2v) is 4.08. The molecule has 90 valence electrons. The summed E-state index contributed by atoms with van der Waals surface area (Å²) in [6.45, 7) is 3.95. The first-order valence-corrected chi connectivity index (χ1v) is 5.47. The van der Waals surface area contributed by atoms with E-state index >= 15 is 0 Å². The summed E-state index contributed by atoms with van der Waals surface area (Å²) >= 11 is 0. The highest BCUT2D eigenvalue weighted by molar-refractivity contribution is 5.24. The maximum absolute atomic E-state index is 13.4. The first-order valence-electron chi connectivity index (χ1n) is 5.47. The number of hydrogen-bond donors (Lipinski definition) is 1. The zero-order valence-corrected chi connectivity index (χ0v) is 9.77. The van der Waals surface area contributed by atoms with Gasteiger partial charge in [-0.05, 0) is 25.5 Å². The van der Waals surface area contributed by atoms with Gasteiger partial charge in [-0.1, -0.05) is 23.4 Å². The number of benzene rings is 1. The maximum atomic E-state index is 13.4. The quantitative estimate of drug-likeness (QED) is 0.885. The van der Waals surface area contributed by atoms with E-state index in [0.29, 0.717) is 23.8 Å². The predicted molar refractivity (Wildman–Crippen MR) is 62.3 cm³/mol. The molecule has 1 N–H and O–H groups in total. The van der Waals surface area contributed by atoms with Crippen LogP contribution in [0.25, 0.3) is 0 Å². The number of hydrogen-bond acceptors (Lipinski definition) is 4. The van der Waals surface area contributed by atoms with Gasteiger partial charge in [0.2, 0.25) is 0 Å². The van der Waals surface area contributed by atoms with Crippen molar-refractivity contribution in [2.75, 3.05) is 5.32 Å². The van der Waals surface area contributed by atoms with Gasteiger partial charge in [0.25, 0.3) is 0 Å². The van der Waals surface area contributed by atoms with Gasteiger partial charge in [-0.15, -0.1) is 0 Å². The number of nitrogens with zero attached hydrogens (tertiary/aromatic N) is 2. The highest BCUT2D eigenvalue weighted by Crippen LogP contribution is 2.12. The molecule has 0 spiro atoms. The van der Waals surface area contributed by atoms with Gasteiger partial charge in [0.15, 0.2) is 5.82 Å². The van der Waals surface area contributed by atoms with Crippen molar-refractivity contribution < 1.29 is 8.91 Å². The van der Waals surface area contributed by atoms with E-state index in [0.717, 1.165) is 0 Å². The highest BCUT2D eigenvalue weighted by Gasteiger charge is 2.09. The molecule has 0 bridgehead atoms. The summed E-state index contributed by atoms with van der Waals surface area (Å²) < 4.78 is 18.4. The normalized spacial score (nSPS) is 10.8. The average molecular weight is 235 g/mol. The summed E-state index contributed by atoms with van der Waals surface area (Å²) in [5, 5.41) is 6.78. The van der Waals surface area contributed by atoms with Crippen LogP contribution in [-0.2, 0) is 6.42 Å². The molecule has 1 aromatic heterocycles. The highest BCUT2D eigenvalue weighted by atomic mass is 19.1. The Morgan fingerprint density at radius 1 is 1.35 bits per heavy atom. The lowest BCUT2D eigenvalue weighted by atomic mass is 10.1. The van der Waals surface area contributed by atoms with Gasteiger partial charge in [-0.2, -0.15) is 4.98 Å². The molecule has 0 amide bonds. The summed E-state index contributed by atoms with van der Waals surface area (Å²) in [5.41, 5.74) is 0.560. The molecule has 1 heterocycles. The van der Waals surface area contributed by atoms with E-state index in [-0.39, 0.29) is 11.9 Å². The molecule has 1 aromatic carbocycles. The Morgan fingerprint density at radius 3 is 2.82 bits per heavy atom. The molecule has 17 heavy (non-hydrogen) atoms. The van der Waals surface area contributed by atoms with Crippen molar-refractivity contribution in [3.63, 3.8) is 0 Å². The lowest BCUT2D eigenvalue weighted by Crippen LogP contribution is -2.09. The molecule has 2 aromatic rings. The smallest absolute Gasteiger partial charge is 0.321 e. The van der Waals surface area contributed by atoms with Crippen LogP contribution in [0.2, 0.25) is 0 Å². The summed E-state index contributed by atoms with van der Waals surface area (Å²) in [6.07, 6.45) is 0.329. The molecule has 0 saturated heterocycles. The summed E-state index contributed by atoms with van der Waals surface area (Å²) in [6, 6.07) is 7.15. The van der Waals surface area contributed by atoms with Gasteiger partial charge in [-0.25, -0.2) is 4.39 Å². The fraction of sp³-hybridized carbons (Fsp3) is 0.333. The minimum absolute atomic E-state index is 0.219. The van der Waals surface area contributed by atoms with Crippen LogP contribution >= 0.6 is 0 Å². The largest absolute Gasteiger partial charge is 0.336 e. The van der Waals surface area contributed by atoms with Crippen molar-refractivity contribution in [1.29, 1.82) is 0 Å². The minimum Gasteiger partial charge on any atom is -0.336 e. The Morgan fingerprint density at radius 2 is 2.12 bits per heavy atom. The van der Waals surface area contributed by atoms with Gasteiger partial charge >= 0.3 is 6.01 Å². The van der Waals surface area contributed by atoms with Gasteiger partial charge in [0.05, 0.1) is 0 Å². The molecule has 0 aliphatic carbocycles. The van der Waals surface area contributed by atoms with E-state index in [4.69, 9.17) is 4.52 Å². The van der Waals surface area contributed by atoms with E-state index in [2.05, 4.69) is 15.5 Å². The third-order valence-corrected chi connectivity index (χ3v) is 2.19. The SMILES string of the molecule is CC(C)Nc1nc(Cc2ccccc2F)no1. The van der Waals surface area contributed by atoms with Crippen LogP contribution in [-0.4, -0.2) is 16.2 Å². The number of aromatic nitrogens is 2. The predicted octanol–water partition coefficient (Wildman–Crippen LogP) is 2.62. The van der Waals surface area contributed by atoms with Crippen molar-refractivity contribution in [2.24, 2.45) is 0 Å². The molecule has 0 radical (unpaired) electrons. The van der Waals surface area contributed by atoms with Crippen LogP contribution < -0.4 is 5.32 Å². The molecule has 0 atom stereocenters. The van der Waals surface area contributed by atoms with Crippen LogP contribution in [0.5, 0.6) is 0 Å². The monoisotopic (exact) mass is 235 g/mol. The molecule has 0 unspecified atom stereocenters. The van der Waals surface area contributed by atoms with Gasteiger partial charge < -0.3 is 9.84 Å². The van der Waals surface area contributed by atoms with Crippen LogP contribution in [0.1, 0.15) is 25.2 Å². The van der Waals surface area contributed by atoms with Crippen LogP contribution in [0.15, 0.2) is 28.8 Å². The number of nitrogens with one attached hydrogen (secondary N) is 1. The maximum Gasteiger partial charge on any atom is 0.321 e. The first kappa shape index (κ1) is 11.6. The van der Waals surface area contributed by atoms with E-state index in [1.54, 1.807) is 18.2 Å². The van der Waals surface area contributed by atoms with Crippen molar-refractivity contribution in [2.45, 2.75) is 26.3 Å². The fourth-order valence-electron chi connectivity index (χ4n) is 1.44. The zero-order valence-electron chi connectivity index (χ0n) is 9.77. The molecule has 0 fully saturated rings. The van der Waals surface area contributed by atoms with Crippen LogP contribution in [0, 0.1) is 5.82 Å². The van der Waals surface area contributed by atoms with Gasteiger partial charge in [0, 0.05) is 12.5 Å². The van der Waals surface area contributed by atoms with Gasteiger partial charge in [-0.3, -0.25) is 0 Å². The first-order chi connectivity index (χ1) is 8.15. The zero-order chi connectivity index (χ0) is 12.3. The molecule has 0 saturated carbocycles. The third kappa shape index (κ3) is 3.03. The van der Waals surface area contributed by atoms with E-state index in [1.807, 2.05) is 13.8 Å². The number of rotatable bonds is 4. The Labute approximate surface area is 98.8 Å². The molecule has 4 nitrogen and oxygen atoms in total. The third-order valence-electron chi connectivity index (χ3n) is 2.19. The molecule has 5 heteroatoms. The Kier molecular flexibility index (Phi) is 3.37. The minimum atomic E-state index is -0.254. The van der Waals surface area contributed by atoms with Crippen molar-refractivity contribution in [3.05, 3.63) is 41.5 Å². The molecule has 0 aliphatic heterocycles. The van der Waals surface area contributed by atoms with E-state index < -0.39 is 0 Å². The van der Waals surface area contributed by atoms with Crippen molar-refractivity contribution >= 4 is 6.01 Å². The molecular weight excluding hydrogens is 221 g/mol. The van der Waals surface area contributed by atoms with Crippen molar-refractivity contribution in [1.82, 2.24) is 10.1 Å². The summed E-state index contributed by atoms with van der Waals surface area (Å²) in [7, 11) is 0. The van der Waals surface area contributed by atoms with Crippen LogP contribution in [0.3, 0.4) is 0 Å². The lowest BCUT2D eigenvalue weighted by molar-refractivity contribution is 0.421. The number of halogens is 1. The summed E-state index contributed by atoms with van der Waals surface area (Å²) in [4.78, 5) is 4.13. The number of anilines is 1. The van der Waals surface area contributed by atoms with Crippen LogP contribution in [0.4, 0.5) is 10.4 Å². The van der Waals surface area contributed by atoms with E-state index in [9.17, 15) is 4.39 Å². The Hall–Kier alpha value is -1.91. The second-order valence-electron chi connectivity index (χ2n) is 4.08. The second kappa shape index (κ2) is 4.95.